The van der Waals surface area contributed by atoms with E-state index in [9.17, 15) is 9.59 Å². The highest BCUT2D eigenvalue weighted by Crippen LogP contribution is 2.06. The SMILES string of the molecule is CC(C=O)=CC=CC(=CC=CC=C(C=CC=C(C)C=O)CBr)CBr. The smallest absolute Gasteiger partial charge is 0.145 e. The van der Waals surface area contributed by atoms with Crippen LogP contribution in [0, 0.1) is 0 Å². The molecule has 0 saturated carbocycles. The molecule has 128 valence electrons. The van der Waals surface area contributed by atoms with E-state index in [0.29, 0.717) is 11.1 Å². The number of carbonyl (C=O) groups excluding carboxylic acids is 2. The third-order valence-electron chi connectivity index (χ3n) is 2.75. The van der Waals surface area contributed by atoms with Crippen molar-refractivity contribution in [2.75, 3.05) is 10.7 Å². The molecule has 0 aromatic heterocycles. The molecule has 0 fully saturated rings. The average molecular weight is 454 g/mol. The van der Waals surface area contributed by atoms with E-state index < -0.39 is 0 Å². The van der Waals surface area contributed by atoms with Gasteiger partial charge in [0.15, 0.2) is 0 Å². The van der Waals surface area contributed by atoms with Gasteiger partial charge in [0, 0.05) is 10.7 Å². The fourth-order valence-electron chi connectivity index (χ4n) is 1.37. The molecule has 0 rings (SSSR count). The van der Waals surface area contributed by atoms with Crippen molar-refractivity contribution in [2.45, 2.75) is 13.8 Å². The summed E-state index contributed by atoms with van der Waals surface area (Å²) in [6.45, 7) is 3.53. The Morgan fingerprint density at radius 1 is 0.667 bits per heavy atom. The van der Waals surface area contributed by atoms with Crippen LogP contribution < -0.4 is 0 Å². The number of carbonyl (C=O) groups is 2. The van der Waals surface area contributed by atoms with Gasteiger partial charge < -0.3 is 0 Å². The van der Waals surface area contributed by atoms with Gasteiger partial charge in [-0.15, -0.1) is 0 Å². The number of halogens is 2. The van der Waals surface area contributed by atoms with Crippen LogP contribution in [0.15, 0.2) is 83.1 Å². The highest BCUT2D eigenvalue weighted by molar-refractivity contribution is 9.09. The maximum Gasteiger partial charge on any atom is 0.145 e. The zero-order valence-corrected chi connectivity index (χ0v) is 17.1. The summed E-state index contributed by atoms with van der Waals surface area (Å²) in [5.74, 6) is 0. The minimum Gasteiger partial charge on any atom is -0.298 e. The van der Waals surface area contributed by atoms with Gasteiger partial charge >= 0.3 is 0 Å². The van der Waals surface area contributed by atoms with Crippen LogP contribution in [0.1, 0.15) is 13.8 Å². The molecule has 0 aromatic rings. The maximum atomic E-state index is 10.5. The Balaban J connectivity index is 4.88. The predicted molar refractivity (Wildman–Crippen MR) is 111 cm³/mol. The molecule has 0 bridgehead atoms. The summed E-state index contributed by atoms with van der Waals surface area (Å²) >= 11 is 6.87. The molecule has 0 heterocycles. The summed E-state index contributed by atoms with van der Waals surface area (Å²) in [4.78, 5) is 21.0. The second kappa shape index (κ2) is 15.0. The van der Waals surface area contributed by atoms with Crippen molar-refractivity contribution in [3.05, 3.63) is 83.1 Å². The zero-order chi connectivity index (χ0) is 18.2. The van der Waals surface area contributed by atoms with Crippen molar-refractivity contribution in [1.82, 2.24) is 0 Å². The molecule has 0 N–H and O–H groups in total. The van der Waals surface area contributed by atoms with E-state index in [4.69, 9.17) is 0 Å². The van der Waals surface area contributed by atoms with Crippen LogP contribution >= 0.6 is 31.9 Å². The van der Waals surface area contributed by atoms with Gasteiger partial charge in [-0.2, -0.15) is 0 Å². The summed E-state index contributed by atoms with van der Waals surface area (Å²) in [7, 11) is 0. The Labute approximate surface area is 161 Å². The Morgan fingerprint density at radius 2 is 1.04 bits per heavy atom. The molecule has 0 aromatic carbocycles. The minimum atomic E-state index is 0.686. The van der Waals surface area contributed by atoms with E-state index >= 15 is 0 Å². The lowest BCUT2D eigenvalue weighted by atomic mass is 10.2. The fraction of sp³-hybridized carbons (Fsp3) is 0.200. The first-order valence-corrected chi connectivity index (χ1v) is 9.60. The number of allylic oxidation sites excluding steroid dienone is 14. The molecule has 24 heavy (non-hydrogen) atoms. The second-order valence-electron chi connectivity index (χ2n) is 4.91. The van der Waals surface area contributed by atoms with Crippen LogP contribution in [0.3, 0.4) is 0 Å². The number of alkyl halides is 2. The normalized spacial score (nSPS) is 15.0. The first kappa shape index (κ1) is 22.5. The molecule has 0 saturated heterocycles. The highest BCUT2D eigenvalue weighted by atomic mass is 79.9. The van der Waals surface area contributed by atoms with E-state index in [1.807, 2.05) is 48.6 Å². The van der Waals surface area contributed by atoms with Crippen molar-refractivity contribution in [2.24, 2.45) is 0 Å². The van der Waals surface area contributed by atoms with Crippen LogP contribution in [-0.2, 0) is 9.59 Å². The monoisotopic (exact) mass is 452 g/mol. The lowest BCUT2D eigenvalue weighted by molar-refractivity contribution is -0.105. The third-order valence-corrected chi connectivity index (χ3v) is 4.05. The van der Waals surface area contributed by atoms with E-state index in [0.717, 1.165) is 34.4 Å². The van der Waals surface area contributed by atoms with Crippen LogP contribution in [0.5, 0.6) is 0 Å². The molecule has 0 unspecified atom stereocenters. The van der Waals surface area contributed by atoms with Gasteiger partial charge in [-0.25, -0.2) is 0 Å². The van der Waals surface area contributed by atoms with E-state index in [-0.39, 0.29) is 0 Å². The Hall–Kier alpha value is -1.52. The summed E-state index contributed by atoms with van der Waals surface area (Å²) < 4.78 is 0. The molecule has 0 aliphatic carbocycles. The van der Waals surface area contributed by atoms with Crippen LogP contribution in [0.4, 0.5) is 0 Å². The van der Waals surface area contributed by atoms with Crippen molar-refractivity contribution >= 4 is 44.4 Å². The Kier molecular flexibility index (Phi) is 14.1. The van der Waals surface area contributed by atoms with Crippen LogP contribution in [0.2, 0.25) is 0 Å². The van der Waals surface area contributed by atoms with Gasteiger partial charge in [0.05, 0.1) is 0 Å². The van der Waals surface area contributed by atoms with Crippen molar-refractivity contribution in [3.8, 4) is 0 Å². The van der Waals surface area contributed by atoms with Gasteiger partial charge in [0.2, 0.25) is 0 Å². The molecule has 0 atom stereocenters. The predicted octanol–water partition coefficient (Wildman–Crippen LogP) is 5.59. The molecule has 2 nitrogen and oxygen atoms in total. The van der Waals surface area contributed by atoms with Crippen LogP contribution in [-0.4, -0.2) is 23.2 Å². The van der Waals surface area contributed by atoms with Crippen molar-refractivity contribution in [3.63, 3.8) is 0 Å². The van der Waals surface area contributed by atoms with Gasteiger partial charge in [0.25, 0.3) is 0 Å². The van der Waals surface area contributed by atoms with E-state index in [1.165, 1.54) is 0 Å². The summed E-state index contributed by atoms with van der Waals surface area (Å²) in [5.41, 5.74) is 3.56. The largest absolute Gasteiger partial charge is 0.298 e. The Bertz CT molecular complexity index is 562. The second-order valence-corrected chi connectivity index (χ2v) is 6.03. The zero-order valence-electron chi connectivity index (χ0n) is 13.9. The van der Waals surface area contributed by atoms with Gasteiger partial charge in [-0.05, 0) is 36.1 Å². The minimum absolute atomic E-state index is 0.686. The Morgan fingerprint density at radius 3 is 1.33 bits per heavy atom. The topological polar surface area (TPSA) is 34.1 Å². The van der Waals surface area contributed by atoms with Gasteiger partial charge in [-0.1, -0.05) is 92.6 Å². The molecule has 0 aliphatic heterocycles. The summed E-state index contributed by atoms with van der Waals surface area (Å²) in [6.07, 6.45) is 20.7. The van der Waals surface area contributed by atoms with Crippen molar-refractivity contribution in [1.29, 1.82) is 0 Å². The highest BCUT2D eigenvalue weighted by Gasteiger charge is 1.88. The van der Waals surface area contributed by atoms with Crippen molar-refractivity contribution < 1.29 is 9.59 Å². The standard InChI is InChI=1S/C20H22Br2O2/c1-17(15-23)7-5-11-19(13-21)9-3-4-10-20(14-22)12-6-8-18(2)16-24/h3-12,15-16H,13-14H2,1-2H3. The van der Waals surface area contributed by atoms with E-state index in [2.05, 4.69) is 31.9 Å². The average Bonchev–Trinajstić information content (AvgIpc) is 2.61. The fourth-order valence-corrected chi connectivity index (χ4v) is 2.12. The first-order valence-electron chi connectivity index (χ1n) is 7.36. The quantitative estimate of drug-likeness (QED) is 0.187. The van der Waals surface area contributed by atoms with Gasteiger partial charge in [-0.3, -0.25) is 9.59 Å². The maximum absolute atomic E-state index is 10.5. The summed E-state index contributed by atoms with van der Waals surface area (Å²) in [6, 6.07) is 0. The molecule has 0 spiro atoms. The number of aldehydes is 2. The molecular weight excluding hydrogens is 432 g/mol. The molecule has 0 radical (unpaired) electrons. The lowest BCUT2D eigenvalue weighted by Crippen LogP contribution is -1.79. The third kappa shape index (κ3) is 12.0. The molecule has 0 amide bonds. The van der Waals surface area contributed by atoms with E-state index in [1.54, 1.807) is 26.0 Å². The molecule has 4 heteroatoms. The van der Waals surface area contributed by atoms with Crippen LogP contribution in [0.25, 0.3) is 0 Å². The number of hydrogen-bond donors (Lipinski definition) is 0. The summed E-state index contributed by atoms with van der Waals surface area (Å²) in [5, 5.41) is 1.46. The molecule has 0 aliphatic rings. The molecular formula is C20H22Br2O2. The number of rotatable bonds is 10. The van der Waals surface area contributed by atoms with Gasteiger partial charge in [0.1, 0.15) is 12.6 Å². The first-order chi connectivity index (χ1) is 11.6. The lowest BCUT2D eigenvalue weighted by Gasteiger charge is -1.93. The number of hydrogen-bond acceptors (Lipinski definition) is 2.